The Morgan fingerprint density at radius 3 is 2.68 bits per heavy atom. The zero-order valence-corrected chi connectivity index (χ0v) is 10.8. The molecule has 0 aliphatic carbocycles. The molecule has 2 aromatic rings. The molecule has 0 radical (unpaired) electrons. The number of rotatable bonds is 2. The fourth-order valence-electron chi connectivity index (χ4n) is 2.38. The van der Waals surface area contributed by atoms with Gasteiger partial charge in [0.15, 0.2) is 0 Å². The van der Waals surface area contributed by atoms with Crippen LogP contribution in [0.15, 0.2) is 24.5 Å². The van der Waals surface area contributed by atoms with E-state index in [1.807, 2.05) is 25.4 Å². The Morgan fingerprint density at radius 2 is 2.00 bits per heavy atom. The molecule has 6 heteroatoms. The minimum Gasteiger partial charge on any atom is -0.382 e. The SMILES string of the molecule is Cc1cnc(N2CCCC2c2ccc(N)nn2)nc1. The first kappa shape index (κ1) is 11.8. The second-order valence-electron chi connectivity index (χ2n) is 4.79. The summed E-state index contributed by atoms with van der Waals surface area (Å²) in [6, 6.07) is 3.91. The highest BCUT2D eigenvalue weighted by molar-refractivity contribution is 5.37. The molecule has 1 aliphatic rings. The van der Waals surface area contributed by atoms with E-state index < -0.39 is 0 Å². The van der Waals surface area contributed by atoms with Crippen LogP contribution in [0.25, 0.3) is 0 Å². The molecule has 1 unspecified atom stereocenters. The molecule has 98 valence electrons. The molecule has 3 heterocycles. The van der Waals surface area contributed by atoms with E-state index in [0.717, 1.165) is 36.6 Å². The Morgan fingerprint density at radius 1 is 1.21 bits per heavy atom. The average molecular weight is 256 g/mol. The first-order valence-electron chi connectivity index (χ1n) is 6.38. The van der Waals surface area contributed by atoms with Gasteiger partial charge in [0.05, 0.1) is 11.7 Å². The van der Waals surface area contributed by atoms with Crippen LogP contribution < -0.4 is 10.6 Å². The van der Waals surface area contributed by atoms with Crippen molar-refractivity contribution in [2.45, 2.75) is 25.8 Å². The molecular weight excluding hydrogens is 240 g/mol. The molecule has 1 aliphatic heterocycles. The van der Waals surface area contributed by atoms with Crippen molar-refractivity contribution in [1.82, 2.24) is 20.2 Å². The maximum Gasteiger partial charge on any atom is 0.225 e. The van der Waals surface area contributed by atoms with Gasteiger partial charge in [-0.25, -0.2) is 9.97 Å². The largest absolute Gasteiger partial charge is 0.382 e. The van der Waals surface area contributed by atoms with Crippen LogP contribution in [0.4, 0.5) is 11.8 Å². The van der Waals surface area contributed by atoms with Crippen molar-refractivity contribution in [2.75, 3.05) is 17.2 Å². The molecule has 19 heavy (non-hydrogen) atoms. The van der Waals surface area contributed by atoms with Gasteiger partial charge in [-0.3, -0.25) is 0 Å². The summed E-state index contributed by atoms with van der Waals surface area (Å²) in [4.78, 5) is 11.0. The van der Waals surface area contributed by atoms with E-state index in [4.69, 9.17) is 5.73 Å². The van der Waals surface area contributed by atoms with E-state index in [1.54, 1.807) is 6.07 Å². The molecule has 0 aromatic carbocycles. The first-order valence-corrected chi connectivity index (χ1v) is 6.38. The summed E-state index contributed by atoms with van der Waals surface area (Å²) < 4.78 is 0. The lowest BCUT2D eigenvalue weighted by Gasteiger charge is -2.23. The van der Waals surface area contributed by atoms with Crippen LogP contribution in [0.1, 0.15) is 30.1 Å². The molecule has 0 spiro atoms. The summed E-state index contributed by atoms with van der Waals surface area (Å²) in [6.45, 7) is 2.93. The number of hydrogen-bond donors (Lipinski definition) is 1. The topological polar surface area (TPSA) is 80.8 Å². The molecule has 0 bridgehead atoms. The molecule has 0 amide bonds. The van der Waals surface area contributed by atoms with Crippen molar-refractivity contribution in [1.29, 1.82) is 0 Å². The number of nitrogens with zero attached hydrogens (tertiary/aromatic N) is 5. The van der Waals surface area contributed by atoms with Crippen molar-refractivity contribution in [2.24, 2.45) is 0 Å². The fraction of sp³-hybridized carbons (Fsp3) is 0.385. The van der Waals surface area contributed by atoms with Crippen molar-refractivity contribution in [3.8, 4) is 0 Å². The van der Waals surface area contributed by atoms with Crippen LogP contribution >= 0.6 is 0 Å². The number of nitrogens with two attached hydrogens (primary N) is 1. The third kappa shape index (κ3) is 2.33. The summed E-state index contributed by atoms with van der Waals surface area (Å²) in [7, 11) is 0. The fourth-order valence-corrected chi connectivity index (χ4v) is 2.38. The normalized spacial score (nSPS) is 18.8. The molecule has 1 atom stereocenters. The van der Waals surface area contributed by atoms with Gasteiger partial charge in [0.2, 0.25) is 5.95 Å². The minimum atomic E-state index is 0.191. The van der Waals surface area contributed by atoms with Gasteiger partial charge in [-0.2, -0.15) is 5.10 Å². The van der Waals surface area contributed by atoms with Crippen molar-refractivity contribution < 1.29 is 0 Å². The van der Waals surface area contributed by atoms with Crippen molar-refractivity contribution >= 4 is 11.8 Å². The lowest BCUT2D eigenvalue weighted by atomic mass is 10.1. The highest BCUT2D eigenvalue weighted by Crippen LogP contribution is 2.33. The second kappa shape index (κ2) is 4.79. The van der Waals surface area contributed by atoms with Crippen LogP contribution in [-0.4, -0.2) is 26.7 Å². The number of anilines is 2. The van der Waals surface area contributed by atoms with Gasteiger partial charge in [0.25, 0.3) is 0 Å². The van der Waals surface area contributed by atoms with Crippen LogP contribution in [0.3, 0.4) is 0 Å². The molecule has 2 N–H and O–H groups in total. The van der Waals surface area contributed by atoms with E-state index in [2.05, 4.69) is 25.1 Å². The second-order valence-corrected chi connectivity index (χ2v) is 4.79. The van der Waals surface area contributed by atoms with E-state index in [9.17, 15) is 0 Å². The maximum atomic E-state index is 5.58. The number of hydrogen-bond acceptors (Lipinski definition) is 6. The Hall–Kier alpha value is -2.24. The van der Waals surface area contributed by atoms with E-state index >= 15 is 0 Å². The molecule has 1 fully saturated rings. The van der Waals surface area contributed by atoms with E-state index in [1.165, 1.54) is 0 Å². The Bertz CT molecular complexity index is 499. The maximum absolute atomic E-state index is 5.58. The monoisotopic (exact) mass is 256 g/mol. The molecule has 1 saturated heterocycles. The molecule has 2 aromatic heterocycles. The summed E-state index contributed by atoms with van der Waals surface area (Å²) in [6.07, 6.45) is 5.82. The van der Waals surface area contributed by atoms with Gasteiger partial charge in [-0.1, -0.05) is 0 Å². The highest BCUT2D eigenvalue weighted by atomic mass is 15.3. The lowest BCUT2D eigenvalue weighted by Crippen LogP contribution is -2.25. The predicted molar refractivity (Wildman–Crippen MR) is 72.5 cm³/mol. The first-order chi connectivity index (χ1) is 9.24. The zero-order valence-electron chi connectivity index (χ0n) is 10.8. The summed E-state index contributed by atoms with van der Waals surface area (Å²) >= 11 is 0. The van der Waals surface area contributed by atoms with E-state index in [-0.39, 0.29) is 6.04 Å². The van der Waals surface area contributed by atoms with Gasteiger partial charge in [0.1, 0.15) is 5.82 Å². The van der Waals surface area contributed by atoms with Gasteiger partial charge in [0, 0.05) is 18.9 Å². The molecule has 0 saturated carbocycles. The standard InChI is InChI=1S/C13H16N6/c1-9-7-15-13(16-8-9)19-6-2-3-11(19)10-4-5-12(14)18-17-10/h4-5,7-8,11H,2-3,6H2,1H3,(H2,14,18). The lowest BCUT2D eigenvalue weighted by molar-refractivity contribution is 0.665. The van der Waals surface area contributed by atoms with Crippen molar-refractivity contribution in [3.05, 3.63) is 35.8 Å². The summed E-state index contributed by atoms with van der Waals surface area (Å²) in [5.41, 5.74) is 7.56. The number of aromatic nitrogens is 4. The number of nitrogen functional groups attached to an aromatic ring is 1. The average Bonchev–Trinajstić information content (AvgIpc) is 2.90. The Labute approximate surface area is 111 Å². The summed E-state index contributed by atoms with van der Waals surface area (Å²) in [5.74, 6) is 1.20. The number of aryl methyl sites for hydroxylation is 1. The van der Waals surface area contributed by atoms with E-state index in [0.29, 0.717) is 5.82 Å². The quantitative estimate of drug-likeness (QED) is 0.877. The Balaban J connectivity index is 1.89. The van der Waals surface area contributed by atoms with Crippen LogP contribution in [0.2, 0.25) is 0 Å². The van der Waals surface area contributed by atoms with Crippen molar-refractivity contribution in [3.63, 3.8) is 0 Å². The third-order valence-electron chi connectivity index (χ3n) is 3.32. The van der Waals surface area contributed by atoms with Crippen LogP contribution in [0, 0.1) is 6.92 Å². The van der Waals surface area contributed by atoms with Gasteiger partial charge in [-0.15, -0.1) is 5.10 Å². The third-order valence-corrected chi connectivity index (χ3v) is 3.32. The zero-order chi connectivity index (χ0) is 13.2. The highest BCUT2D eigenvalue weighted by Gasteiger charge is 2.29. The summed E-state index contributed by atoms with van der Waals surface area (Å²) in [5, 5.41) is 8.11. The molecular formula is C13H16N6. The smallest absolute Gasteiger partial charge is 0.225 e. The predicted octanol–water partition coefficient (Wildman–Crippen LogP) is 1.50. The minimum absolute atomic E-state index is 0.191. The molecule has 3 rings (SSSR count). The van der Waals surface area contributed by atoms with Crippen LogP contribution in [-0.2, 0) is 0 Å². The van der Waals surface area contributed by atoms with Crippen LogP contribution in [0.5, 0.6) is 0 Å². The Kier molecular flexibility index (Phi) is 2.98. The van der Waals surface area contributed by atoms with Gasteiger partial charge >= 0.3 is 0 Å². The molecule has 6 nitrogen and oxygen atoms in total. The van der Waals surface area contributed by atoms with Gasteiger partial charge < -0.3 is 10.6 Å². The van der Waals surface area contributed by atoms with Gasteiger partial charge in [-0.05, 0) is 37.5 Å².